The van der Waals surface area contributed by atoms with Crippen molar-refractivity contribution in [1.82, 2.24) is 14.8 Å². The van der Waals surface area contributed by atoms with Crippen LogP contribution in [0.3, 0.4) is 0 Å². The average molecular weight is 366 g/mol. The van der Waals surface area contributed by atoms with E-state index in [1.165, 1.54) is 6.33 Å². The second-order valence-electron chi connectivity index (χ2n) is 7.03. The van der Waals surface area contributed by atoms with Gasteiger partial charge in [-0.25, -0.2) is 9.67 Å². The topological polar surface area (TPSA) is 50.9 Å². The Hall–Kier alpha value is -1.36. The molecule has 1 saturated carbocycles. The van der Waals surface area contributed by atoms with Gasteiger partial charge in [0, 0.05) is 10.0 Å². The number of benzene rings is 1. The standard InChI is InChI=1S/C18H21Cl2N3O/c1-17(2)7-3-4-14(8-13-5-6-15(19)9-16(13)20)18(17,24)10-23-12-21-11-22-23/h5-6,8-9,11-12,24H,3-4,7,10H2,1-2H3/b14-8+/t18-/m1/s1. The number of hydrogen-bond donors (Lipinski definition) is 1. The fourth-order valence-corrected chi connectivity index (χ4v) is 3.89. The monoisotopic (exact) mass is 365 g/mol. The van der Waals surface area contributed by atoms with Crippen LogP contribution in [0.1, 0.15) is 38.7 Å². The van der Waals surface area contributed by atoms with Crippen molar-refractivity contribution in [3.8, 4) is 0 Å². The molecule has 3 rings (SSSR count). The van der Waals surface area contributed by atoms with Crippen molar-refractivity contribution in [2.75, 3.05) is 0 Å². The quantitative estimate of drug-likeness (QED) is 0.863. The highest BCUT2D eigenvalue weighted by molar-refractivity contribution is 6.35. The zero-order valence-electron chi connectivity index (χ0n) is 13.8. The van der Waals surface area contributed by atoms with E-state index in [0.29, 0.717) is 16.6 Å². The van der Waals surface area contributed by atoms with Gasteiger partial charge in [-0.2, -0.15) is 5.10 Å². The van der Waals surface area contributed by atoms with Crippen LogP contribution in [-0.4, -0.2) is 25.5 Å². The lowest BCUT2D eigenvalue weighted by Gasteiger charge is -2.48. The summed E-state index contributed by atoms with van der Waals surface area (Å²) < 4.78 is 1.68. The van der Waals surface area contributed by atoms with Gasteiger partial charge in [0.25, 0.3) is 0 Å². The van der Waals surface area contributed by atoms with E-state index in [-0.39, 0.29) is 5.41 Å². The smallest absolute Gasteiger partial charge is 0.137 e. The minimum absolute atomic E-state index is 0.276. The maximum atomic E-state index is 11.6. The van der Waals surface area contributed by atoms with E-state index in [0.717, 1.165) is 30.4 Å². The Morgan fingerprint density at radius 2 is 2.12 bits per heavy atom. The summed E-state index contributed by atoms with van der Waals surface area (Å²) in [6, 6.07) is 5.42. The molecule has 2 aromatic rings. The minimum Gasteiger partial charge on any atom is -0.383 e. The van der Waals surface area contributed by atoms with Crippen LogP contribution in [0.5, 0.6) is 0 Å². The zero-order chi connectivity index (χ0) is 17.4. The van der Waals surface area contributed by atoms with Gasteiger partial charge < -0.3 is 5.11 Å². The molecular formula is C18H21Cl2N3O. The normalized spacial score (nSPS) is 25.1. The molecule has 0 radical (unpaired) electrons. The van der Waals surface area contributed by atoms with E-state index in [2.05, 4.69) is 23.9 Å². The van der Waals surface area contributed by atoms with Gasteiger partial charge >= 0.3 is 0 Å². The molecule has 0 saturated heterocycles. The van der Waals surface area contributed by atoms with Crippen LogP contribution < -0.4 is 0 Å². The van der Waals surface area contributed by atoms with Crippen LogP contribution in [0.15, 0.2) is 36.4 Å². The number of halogens is 2. The van der Waals surface area contributed by atoms with Crippen molar-refractivity contribution >= 4 is 29.3 Å². The zero-order valence-corrected chi connectivity index (χ0v) is 15.3. The molecule has 1 aliphatic rings. The van der Waals surface area contributed by atoms with Crippen molar-refractivity contribution in [2.45, 2.75) is 45.3 Å². The van der Waals surface area contributed by atoms with Crippen molar-refractivity contribution in [2.24, 2.45) is 5.41 Å². The Labute approximate surface area is 152 Å². The average Bonchev–Trinajstić information content (AvgIpc) is 2.99. The van der Waals surface area contributed by atoms with Gasteiger partial charge in [0.2, 0.25) is 0 Å². The molecule has 1 N–H and O–H groups in total. The van der Waals surface area contributed by atoms with Crippen LogP contribution in [-0.2, 0) is 6.54 Å². The fraction of sp³-hybridized carbons (Fsp3) is 0.444. The summed E-state index contributed by atoms with van der Waals surface area (Å²) in [5.41, 5.74) is 0.549. The SMILES string of the molecule is CC1(C)CCC/C(=C\c2ccc(Cl)cc2Cl)[C@]1(O)Cn1cncn1. The van der Waals surface area contributed by atoms with Gasteiger partial charge in [-0.05, 0) is 47.9 Å². The maximum Gasteiger partial charge on any atom is 0.137 e. The summed E-state index contributed by atoms with van der Waals surface area (Å²) in [5, 5.41) is 17.0. The number of rotatable bonds is 3. The second kappa shape index (κ2) is 6.51. The molecule has 0 amide bonds. The second-order valence-corrected chi connectivity index (χ2v) is 7.87. The molecule has 0 bridgehead atoms. The first kappa shape index (κ1) is 17.5. The fourth-order valence-electron chi connectivity index (χ4n) is 3.43. The molecule has 1 aliphatic carbocycles. The van der Waals surface area contributed by atoms with Gasteiger partial charge in [0.1, 0.15) is 18.3 Å². The van der Waals surface area contributed by atoms with Crippen molar-refractivity contribution < 1.29 is 5.11 Å². The Morgan fingerprint density at radius 1 is 1.33 bits per heavy atom. The van der Waals surface area contributed by atoms with Crippen LogP contribution in [0.2, 0.25) is 10.0 Å². The highest BCUT2D eigenvalue weighted by Gasteiger charge is 2.48. The first-order valence-electron chi connectivity index (χ1n) is 8.03. The van der Waals surface area contributed by atoms with E-state index in [9.17, 15) is 5.11 Å². The summed E-state index contributed by atoms with van der Waals surface area (Å²) in [6.07, 6.45) is 7.92. The highest BCUT2D eigenvalue weighted by Crippen LogP contribution is 2.48. The molecule has 1 fully saturated rings. The third-order valence-corrected chi connectivity index (χ3v) is 5.61. The lowest BCUT2D eigenvalue weighted by molar-refractivity contribution is -0.0692. The molecule has 1 atom stereocenters. The summed E-state index contributed by atoms with van der Waals surface area (Å²) in [5.74, 6) is 0. The Kier molecular flexibility index (Phi) is 4.73. The van der Waals surface area contributed by atoms with Crippen LogP contribution in [0.4, 0.5) is 0 Å². The minimum atomic E-state index is -1.01. The predicted octanol–water partition coefficient (Wildman–Crippen LogP) is 4.61. The Morgan fingerprint density at radius 3 is 2.79 bits per heavy atom. The molecule has 0 aliphatic heterocycles. The van der Waals surface area contributed by atoms with E-state index >= 15 is 0 Å². The number of nitrogens with zero attached hydrogens (tertiary/aromatic N) is 3. The molecule has 1 heterocycles. The van der Waals surface area contributed by atoms with Crippen molar-refractivity contribution in [3.05, 3.63) is 52.0 Å². The van der Waals surface area contributed by atoms with Crippen molar-refractivity contribution in [1.29, 1.82) is 0 Å². The van der Waals surface area contributed by atoms with Gasteiger partial charge in [0.15, 0.2) is 0 Å². The third kappa shape index (κ3) is 3.23. The van der Waals surface area contributed by atoms with E-state index < -0.39 is 5.60 Å². The first-order valence-corrected chi connectivity index (χ1v) is 8.78. The van der Waals surface area contributed by atoms with Crippen molar-refractivity contribution in [3.63, 3.8) is 0 Å². The number of hydrogen-bond acceptors (Lipinski definition) is 3. The van der Waals surface area contributed by atoms with E-state index in [4.69, 9.17) is 23.2 Å². The van der Waals surface area contributed by atoms with Crippen LogP contribution in [0.25, 0.3) is 6.08 Å². The third-order valence-electron chi connectivity index (χ3n) is 5.05. The summed E-state index contributed by atoms with van der Waals surface area (Å²) >= 11 is 12.3. The largest absolute Gasteiger partial charge is 0.383 e. The van der Waals surface area contributed by atoms with E-state index in [1.807, 2.05) is 18.2 Å². The maximum absolute atomic E-state index is 11.6. The number of aliphatic hydroxyl groups is 1. The molecular weight excluding hydrogens is 345 g/mol. The molecule has 24 heavy (non-hydrogen) atoms. The molecule has 0 unspecified atom stereocenters. The summed E-state index contributed by atoms with van der Waals surface area (Å²) in [4.78, 5) is 3.98. The van der Waals surface area contributed by atoms with Gasteiger partial charge in [0.05, 0.1) is 6.54 Å². The lowest BCUT2D eigenvalue weighted by atomic mass is 9.62. The van der Waals surface area contributed by atoms with E-state index in [1.54, 1.807) is 17.1 Å². The van der Waals surface area contributed by atoms with Gasteiger partial charge in [-0.15, -0.1) is 0 Å². The molecule has 0 spiro atoms. The predicted molar refractivity (Wildman–Crippen MR) is 97.0 cm³/mol. The molecule has 6 heteroatoms. The molecule has 4 nitrogen and oxygen atoms in total. The summed E-state index contributed by atoms with van der Waals surface area (Å²) in [7, 11) is 0. The van der Waals surface area contributed by atoms with Crippen LogP contribution in [0, 0.1) is 5.41 Å². The summed E-state index contributed by atoms with van der Waals surface area (Å²) in [6.45, 7) is 4.57. The Bertz CT molecular complexity index is 756. The van der Waals surface area contributed by atoms with Gasteiger partial charge in [-0.1, -0.05) is 49.2 Å². The van der Waals surface area contributed by atoms with Crippen LogP contribution >= 0.6 is 23.2 Å². The molecule has 1 aromatic carbocycles. The first-order chi connectivity index (χ1) is 11.3. The molecule has 128 valence electrons. The van der Waals surface area contributed by atoms with Gasteiger partial charge in [-0.3, -0.25) is 0 Å². The Balaban J connectivity index is 2.04. The lowest BCUT2D eigenvalue weighted by Crippen LogP contribution is -2.52. The highest BCUT2D eigenvalue weighted by atomic mass is 35.5. The number of aromatic nitrogens is 3. The molecule has 1 aromatic heterocycles.